The van der Waals surface area contributed by atoms with E-state index in [-0.39, 0.29) is 18.1 Å². The van der Waals surface area contributed by atoms with Gasteiger partial charge in [-0.1, -0.05) is 0 Å². The minimum absolute atomic E-state index is 0.0423. The van der Waals surface area contributed by atoms with Crippen LogP contribution in [0.25, 0.3) is 0 Å². The maximum Gasteiger partial charge on any atom is 0.359 e. The third-order valence-electron chi connectivity index (χ3n) is 2.51. The first kappa shape index (κ1) is 17.5. The maximum absolute atomic E-state index is 11.6. The van der Waals surface area contributed by atoms with Gasteiger partial charge in [0.05, 0.1) is 18.5 Å². The van der Waals surface area contributed by atoms with Crippen molar-refractivity contribution in [2.45, 2.75) is 26.7 Å². The zero-order valence-electron chi connectivity index (χ0n) is 12.6. The highest BCUT2D eigenvalue weighted by Gasteiger charge is 2.11. The summed E-state index contributed by atoms with van der Waals surface area (Å²) in [5, 5.41) is 2.54. The number of esters is 2. The number of ether oxygens (including phenoxy) is 2. The fourth-order valence-corrected chi connectivity index (χ4v) is 1.45. The smallest absolute Gasteiger partial charge is 0.359 e. The quantitative estimate of drug-likeness (QED) is 0.547. The second kappa shape index (κ2) is 9.43. The van der Waals surface area contributed by atoms with E-state index in [9.17, 15) is 14.4 Å². The highest BCUT2D eigenvalue weighted by molar-refractivity contribution is 5.89. The number of hydrogen-bond acceptors (Lipinski definition) is 7. The van der Waals surface area contributed by atoms with Gasteiger partial charge in [-0.15, -0.1) is 0 Å². The van der Waals surface area contributed by atoms with Crippen LogP contribution in [0, 0.1) is 6.92 Å². The van der Waals surface area contributed by atoms with Gasteiger partial charge in [-0.2, -0.15) is 0 Å². The molecule has 1 rings (SSSR count). The van der Waals surface area contributed by atoms with Crippen molar-refractivity contribution in [3.63, 3.8) is 0 Å². The van der Waals surface area contributed by atoms with E-state index in [2.05, 4.69) is 15.3 Å². The molecule has 1 aromatic heterocycles. The molecule has 0 bridgehead atoms. The number of rotatable bonds is 8. The molecule has 0 aromatic carbocycles. The van der Waals surface area contributed by atoms with E-state index in [0.717, 1.165) is 0 Å². The van der Waals surface area contributed by atoms with Crippen LogP contribution in [0.3, 0.4) is 0 Å². The van der Waals surface area contributed by atoms with E-state index in [4.69, 9.17) is 9.47 Å². The zero-order chi connectivity index (χ0) is 16.4. The summed E-state index contributed by atoms with van der Waals surface area (Å²) in [4.78, 5) is 41.9. The van der Waals surface area contributed by atoms with Gasteiger partial charge >= 0.3 is 11.9 Å². The minimum atomic E-state index is -0.714. The Bertz CT molecular complexity index is 516. The van der Waals surface area contributed by atoms with Crippen molar-refractivity contribution < 1.29 is 23.9 Å². The van der Waals surface area contributed by atoms with Gasteiger partial charge in [0.25, 0.3) is 5.91 Å². The Morgan fingerprint density at radius 1 is 1.18 bits per heavy atom. The Hall–Kier alpha value is -2.51. The first-order valence-electron chi connectivity index (χ1n) is 6.91. The number of hydrogen-bond donors (Lipinski definition) is 1. The van der Waals surface area contributed by atoms with Crippen LogP contribution in [0.4, 0.5) is 0 Å². The number of carbonyl (C=O) groups excluding carboxylic acids is 3. The Labute approximate surface area is 128 Å². The van der Waals surface area contributed by atoms with Crippen molar-refractivity contribution in [3.05, 3.63) is 23.8 Å². The number of aromatic nitrogens is 2. The predicted molar refractivity (Wildman–Crippen MR) is 75.9 cm³/mol. The highest BCUT2D eigenvalue weighted by Crippen LogP contribution is 1.97. The molecule has 1 heterocycles. The molecule has 0 aliphatic heterocycles. The Morgan fingerprint density at radius 3 is 2.59 bits per heavy atom. The van der Waals surface area contributed by atoms with Crippen LogP contribution in [0.1, 0.15) is 35.9 Å². The molecule has 1 amide bonds. The molecule has 8 heteroatoms. The Kier molecular flexibility index (Phi) is 7.52. The van der Waals surface area contributed by atoms with Crippen molar-refractivity contribution in [2.24, 2.45) is 0 Å². The second-order valence-electron chi connectivity index (χ2n) is 4.38. The van der Waals surface area contributed by atoms with Crippen molar-refractivity contribution in [1.82, 2.24) is 15.3 Å². The molecule has 0 fully saturated rings. The van der Waals surface area contributed by atoms with E-state index in [1.165, 1.54) is 12.4 Å². The fraction of sp³-hybridized carbons (Fsp3) is 0.500. The van der Waals surface area contributed by atoms with Gasteiger partial charge in [0.1, 0.15) is 0 Å². The second-order valence-corrected chi connectivity index (χ2v) is 4.38. The average molecular weight is 309 g/mol. The third kappa shape index (κ3) is 6.78. The van der Waals surface area contributed by atoms with Gasteiger partial charge in [0.15, 0.2) is 12.3 Å². The van der Waals surface area contributed by atoms with E-state index < -0.39 is 18.5 Å². The average Bonchev–Trinajstić information content (AvgIpc) is 2.50. The molecule has 22 heavy (non-hydrogen) atoms. The third-order valence-corrected chi connectivity index (χ3v) is 2.51. The zero-order valence-corrected chi connectivity index (χ0v) is 12.6. The number of carbonyl (C=O) groups is 3. The number of nitrogens with zero attached hydrogens (tertiary/aromatic N) is 2. The fourth-order valence-electron chi connectivity index (χ4n) is 1.45. The topological polar surface area (TPSA) is 107 Å². The van der Waals surface area contributed by atoms with E-state index in [0.29, 0.717) is 25.3 Å². The number of aryl methyl sites for hydroxylation is 1. The molecule has 0 spiro atoms. The Morgan fingerprint density at radius 2 is 1.95 bits per heavy atom. The first-order valence-corrected chi connectivity index (χ1v) is 6.91. The molecule has 120 valence electrons. The monoisotopic (exact) mass is 309 g/mol. The molecular weight excluding hydrogens is 290 g/mol. The molecule has 1 aromatic rings. The lowest BCUT2D eigenvalue weighted by molar-refractivity contribution is -0.143. The summed E-state index contributed by atoms with van der Waals surface area (Å²) in [6.07, 6.45) is 3.41. The SMILES string of the molecule is CCOC(=O)CCCNC(=O)COC(=O)c1cnc(C)cn1. The summed E-state index contributed by atoms with van der Waals surface area (Å²) in [5.41, 5.74) is 0.719. The van der Waals surface area contributed by atoms with Crippen LogP contribution in [0.5, 0.6) is 0 Å². The van der Waals surface area contributed by atoms with E-state index in [1.54, 1.807) is 13.8 Å². The van der Waals surface area contributed by atoms with Crippen LogP contribution in [0.15, 0.2) is 12.4 Å². The lowest BCUT2D eigenvalue weighted by atomic mass is 10.3. The van der Waals surface area contributed by atoms with E-state index in [1.807, 2.05) is 0 Å². The summed E-state index contributed by atoms with van der Waals surface area (Å²) in [6, 6.07) is 0. The number of nitrogens with one attached hydrogen (secondary N) is 1. The molecule has 0 atom stereocenters. The molecule has 0 saturated heterocycles. The standard InChI is InChI=1S/C14H19N3O5/c1-3-21-13(19)5-4-6-15-12(18)9-22-14(20)11-8-16-10(2)7-17-11/h7-8H,3-6,9H2,1-2H3,(H,15,18). The van der Waals surface area contributed by atoms with E-state index >= 15 is 0 Å². The van der Waals surface area contributed by atoms with Gasteiger partial charge in [0, 0.05) is 19.2 Å². The largest absolute Gasteiger partial charge is 0.466 e. The molecule has 0 radical (unpaired) electrons. The summed E-state index contributed by atoms with van der Waals surface area (Å²) in [6.45, 7) is 3.70. The van der Waals surface area contributed by atoms with Crippen LogP contribution in [0.2, 0.25) is 0 Å². The van der Waals surface area contributed by atoms with Gasteiger partial charge in [-0.05, 0) is 20.3 Å². The van der Waals surface area contributed by atoms with Crippen LogP contribution in [-0.2, 0) is 19.1 Å². The maximum atomic E-state index is 11.6. The van der Waals surface area contributed by atoms with Crippen molar-refractivity contribution >= 4 is 17.8 Å². The molecule has 1 N–H and O–H groups in total. The van der Waals surface area contributed by atoms with Crippen LogP contribution < -0.4 is 5.32 Å². The molecular formula is C14H19N3O5. The predicted octanol–water partition coefficient (Wildman–Crippen LogP) is 0.401. The van der Waals surface area contributed by atoms with Gasteiger partial charge < -0.3 is 14.8 Å². The van der Waals surface area contributed by atoms with Crippen molar-refractivity contribution in [1.29, 1.82) is 0 Å². The molecule has 8 nitrogen and oxygen atoms in total. The minimum Gasteiger partial charge on any atom is -0.466 e. The molecule has 0 unspecified atom stereocenters. The Balaban J connectivity index is 2.19. The van der Waals surface area contributed by atoms with Crippen LogP contribution >= 0.6 is 0 Å². The van der Waals surface area contributed by atoms with Crippen molar-refractivity contribution in [2.75, 3.05) is 19.8 Å². The summed E-state index contributed by atoms with van der Waals surface area (Å²) < 4.78 is 9.55. The molecule has 0 aliphatic rings. The number of amides is 1. The lowest BCUT2D eigenvalue weighted by Gasteiger charge is -2.06. The van der Waals surface area contributed by atoms with Crippen molar-refractivity contribution in [3.8, 4) is 0 Å². The van der Waals surface area contributed by atoms with Gasteiger partial charge in [-0.25, -0.2) is 9.78 Å². The molecule has 0 saturated carbocycles. The normalized spacial score (nSPS) is 9.91. The summed E-state index contributed by atoms with van der Waals surface area (Å²) >= 11 is 0. The highest BCUT2D eigenvalue weighted by atomic mass is 16.5. The first-order chi connectivity index (χ1) is 10.5. The van der Waals surface area contributed by atoms with Crippen LogP contribution in [-0.4, -0.2) is 47.6 Å². The molecule has 0 aliphatic carbocycles. The van der Waals surface area contributed by atoms with Gasteiger partial charge in [0.2, 0.25) is 0 Å². The summed E-state index contributed by atoms with van der Waals surface area (Å²) in [7, 11) is 0. The van der Waals surface area contributed by atoms with Gasteiger partial charge in [-0.3, -0.25) is 14.6 Å². The summed E-state index contributed by atoms with van der Waals surface area (Å²) in [5.74, 6) is -1.47. The lowest BCUT2D eigenvalue weighted by Crippen LogP contribution is -2.30.